The van der Waals surface area contributed by atoms with Crippen molar-refractivity contribution in [3.63, 3.8) is 0 Å². The molecule has 4 heteroatoms. The summed E-state index contributed by atoms with van der Waals surface area (Å²) in [5.74, 6) is 0.173. The van der Waals surface area contributed by atoms with Gasteiger partial charge in [0.15, 0.2) is 0 Å². The van der Waals surface area contributed by atoms with Crippen LogP contribution >= 0.6 is 31.9 Å². The van der Waals surface area contributed by atoms with Crippen LogP contribution in [0, 0.1) is 0 Å². The number of hydrogen-bond acceptors (Lipinski definition) is 1. The maximum Gasteiger partial charge on any atom is 0.227 e. The average Bonchev–Trinajstić information content (AvgIpc) is 2.23. The molecular formula is C12H11Br2NO. The molecule has 0 aliphatic carbocycles. The maximum atomic E-state index is 11.6. The molecule has 0 radical (unpaired) electrons. The number of amides is 1. The van der Waals surface area contributed by atoms with E-state index in [0.717, 1.165) is 26.6 Å². The molecular weight excluding hydrogens is 334 g/mol. The van der Waals surface area contributed by atoms with Crippen LogP contribution in [-0.2, 0) is 4.79 Å². The summed E-state index contributed by atoms with van der Waals surface area (Å²) in [5.41, 5.74) is 2.04. The summed E-state index contributed by atoms with van der Waals surface area (Å²) >= 11 is 6.94. The zero-order valence-corrected chi connectivity index (χ0v) is 12.0. The Kier molecular flexibility index (Phi) is 3.50. The van der Waals surface area contributed by atoms with Crippen LogP contribution < -0.4 is 0 Å². The summed E-state index contributed by atoms with van der Waals surface area (Å²) in [6.07, 6.45) is 3.53. The quantitative estimate of drug-likeness (QED) is 0.758. The second-order valence-electron chi connectivity index (χ2n) is 3.70. The molecule has 0 atom stereocenters. The van der Waals surface area contributed by atoms with Gasteiger partial charge in [0.25, 0.3) is 0 Å². The third-order valence-electron chi connectivity index (χ3n) is 2.64. The normalized spacial score (nSPS) is 16.3. The standard InChI is InChI=1S/C12H11Br2NO/c1-15-11(3-2-4-12(15)16)9-6-5-8(13)7-10(9)14/h3,5-7H,2,4H2,1H3. The first-order valence-electron chi connectivity index (χ1n) is 5.02. The molecule has 1 aromatic carbocycles. The second-order valence-corrected chi connectivity index (χ2v) is 5.47. The summed E-state index contributed by atoms with van der Waals surface area (Å²) in [5, 5.41) is 0. The summed E-state index contributed by atoms with van der Waals surface area (Å²) in [4.78, 5) is 13.3. The highest BCUT2D eigenvalue weighted by atomic mass is 79.9. The molecule has 0 bridgehead atoms. The minimum atomic E-state index is 0.173. The largest absolute Gasteiger partial charge is 0.315 e. The van der Waals surface area contributed by atoms with E-state index in [-0.39, 0.29) is 5.91 Å². The predicted octanol–water partition coefficient (Wildman–Crippen LogP) is 3.80. The van der Waals surface area contributed by atoms with Crippen molar-refractivity contribution in [1.29, 1.82) is 0 Å². The fraction of sp³-hybridized carbons (Fsp3) is 0.250. The van der Waals surface area contributed by atoms with Gasteiger partial charge in [-0.25, -0.2) is 0 Å². The van der Waals surface area contributed by atoms with Crippen LogP contribution in [0.2, 0.25) is 0 Å². The minimum Gasteiger partial charge on any atom is -0.315 e. The molecule has 0 saturated carbocycles. The van der Waals surface area contributed by atoms with Gasteiger partial charge in [-0.15, -0.1) is 0 Å². The Morgan fingerprint density at radius 3 is 2.75 bits per heavy atom. The first kappa shape index (κ1) is 11.9. The van der Waals surface area contributed by atoms with Crippen molar-refractivity contribution in [2.75, 3.05) is 7.05 Å². The van der Waals surface area contributed by atoms with Crippen LogP contribution in [0.25, 0.3) is 5.70 Å². The summed E-state index contributed by atoms with van der Waals surface area (Å²) in [6.45, 7) is 0. The van der Waals surface area contributed by atoms with Crippen molar-refractivity contribution < 1.29 is 4.79 Å². The molecule has 0 unspecified atom stereocenters. The minimum absolute atomic E-state index is 0.173. The van der Waals surface area contributed by atoms with E-state index in [0.29, 0.717) is 6.42 Å². The highest BCUT2D eigenvalue weighted by molar-refractivity contribution is 9.11. The van der Waals surface area contributed by atoms with E-state index in [1.807, 2.05) is 25.2 Å². The number of rotatable bonds is 1. The fourth-order valence-electron chi connectivity index (χ4n) is 1.76. The lowest BCUT2D eigenvalue weighted by Crippen LogP contribution is -2.27. The summed E-state index contributed by atoms with van der Waals surface area (Å²) in [6, 6.07) is 5.98. The number of halogens is 2. The molecule has 1 amide bonds. The van der Waals surface area contributed by atoms with Crippen LogP contribution in [0.15, 0.2) is 33.2 Å². The van der Waals surface area contributed by atoms with E-state index in [1.165, 1.54) is 0 Å². The topological polar surface area (TPSA) is 20.3 Å². The van der Waals surface area contributed by atoms with Crippen molar-refractivity contribution in [2.45, 2.75) is 12.8 Å². The van der Waals surface area contributed by atoms with E-state index in [1.54, 1.807) is 4.90 Å². The molecule has 1 heterocycles. The lowest BCUT2D eigenvalue weighted by molar-refractivity contribution is -0.127. The van der Waals surface area contributed by atoms with Gasteiger partial charge in [-0.1, -0.05) is 44.0 Å². The van der Waals surface area contributed by atoms with E-state index in [2.05, 4.69) is 37.9 Å². The van der Waals surface area contributed by atoms with E-state index < -0.39 is 0 Å². The van der Waals surface area contributed by atoms with Crippen molar-refractivity contribution in [1.82, 2.24) is 4.90 Å². The predicted molar refractivity (Wildman–Crippen MR) is 71.8 cm³/mol. The Labute approximate surface area is 112 Å². The summed E-state index contributed by atoms with van der Waals surface area (Å²) < 4.78 is 2.02. The van der Waals surface area contributed by atoms with Crippen molar-refractivity contribution in [3.8, 4) is 0 Å². The Morgan fingerprint density at radius 2 is 2.06 bits per heavy atom. The van der Waals surface area contributed by atoms with Gasteiger partial charge in [0.2, 0.25) is 5.91 Å². The van der Waals surface area contributed by atoms with Crippen molar-refractivity contribution >= 4 is 43.5 Å². The van der Waals surface area contributed by atoms with Crippen LogP contribution in [0.4, 0.5) is 0 Å². The third kappa shape index (κ3) is 2.23. The average molecular weight is 345 g/mol. The van der Waals surface area contributed by atoms with Gasteiger partial charge in [-0.05, 0) is 18.6 Å². The monoisotopic (exact) mass is 343 g/mol. The number of hydrogen-bond donors (Lipinski definition) is 0. The Balaban J connectivity index is 2.44. The van der Waals surface area contributed by atoms with Gasteiger partial charge in [-0.3, -0.25) is 4.79 Å². The molecule has 0 saturated heterocycles. The number of carbonyl (C=O) groups excluding carboxylic acids is 1. The lowest BCUT2D eigenvalue weighted by atomic mass is 10.1. The van der Waals surface area contributed by atoms with Crippen LogP contribution in [0.5, 0.6) is 0 Å². The van der Waals surface area contributed by atoms with Gasteiger partial charge in [0.1, 0.15) is 0 Å². The number of allylic oxidation sites excluding steroid dienone is 1. The van der Waals surface area contributed by atoms with E-state index in [9.17, 15) is 4.79 Å². The zero-order chi connectivity index (χ0) is 11.7. The molecule has 2 rings (SSSR count). The van der Waals surface area contributed by atoms with Gasteiger partial charge in [0.05, 0.1) is 0 Å². The molecule has 1 aliphatic rings. The van der Waals surface area contributed by atoms with Crippen LogP contribution in [0.3, 0.4) is 0 Å². The Bertz CT molecular complexity index is 468. The Hall–Kier alpha value is -0.610. The smallest absolute Gasteiger partial charge is 0.227 e. The van der Waals surface area contributed by atoms with Crippen LogP contribution in [0.1, 0.15) is 18.4 Å². The molecule has 0 fully saturated rings. The van der Waals surface area contributed by atoms with Gasteiger partial charge in [0, 0.05) is 33.7 Å². The molecule has 0 aromatic heterocycles. The summed E-state index contributed by atoms with van der Waals surface area (Å²) in [7, 11) is 1.82. The highest BCUT2D eigenvalue weighted by Crippen LogP contribution is 2.31. The number of nitrogens with zero attached hydrogens (tertiary/aromatic N) is 1. The number of carbonyl (C=O) groups is 1. The highest BCUT2D eigenvalue weighted by Gasteiger charge is 2.20. The lowest BCUT2D eigenvalue weighted by Gasteiger charge is -2.25. The maximum absolute atomic E-state index is 11.6. The molecule has 1 aromatic rings. The molecule has 84 valence electrons. The first-order valence-corrected chi connectivity index (χ1v) is 6.60. The fourth-order valence-corrected chi connectivity index (χ4v) is 3.01. The van der Waals surface area contributed by atoms with E-state index >= 15 is 0 Å². The zero-order valence-electron chi connectivity index (χ0n) is 8.84. The van der Waals surface area contributed by atoms with Crippen molar-refractivity contribution in [2.24, 2.45) is 0 Å². The van der Waals surface area contributed by atoms with Crippen molar-refractivity contribution in [3.05, 3.63) is 38.8 Å². The molecule has 2 nitrogen and oxygen atoms in total. The van der Waals surface area contributed by atoms with Gasteiger partial charge in [-0.2, -0.15) is 0 Å². The molecule has 0 spiro atoms. The number of benzene rings is 1. The Morgan fingerprint density at radius 1 is 1.31 bits per heavy atom. The third-order valence-corrected chi connectivity index (χ3v) is 3.79. The molecule has 16 heavy (non-hydrogen) atoms. The first-order chi connectivity index (χ1) is 7.59. The molecule has 1 aliphatic heterocycles. The molecule has 0 N–H and O–H groups in total. The SMILES string of the molecule is CN1C(=O)CCC=C1c1ccc(Br)cc1Br. The van der Waals surface area contributed by atoms with Gasteiger partial charge < -0.3 is 4.90 Å². The second kappa shape index (κ2) is 4.72. The van der Waals surface area contributed by atoms with E-state index in [4.69, 9.17) is 0 Å². The van der Waals surface area contributed by atoms with Gasteiger partial charge >= 0.3 is 0 Å². The van der Waals surface area contributed by atoms with Crippen LogP contribution in [-0.4, -0.2) is 17.9 Å².